The third kappa shape index (κ3) is 3.43. The SMILES string of the molecule is CCOc1cc(CNC(=O)c2oc3ccc(Br)cc3c2C)ccn1. The second-order valence-electron chi connectivity index (χ2n) is 5.31. The first-order chi connectivity index (χ1) is 11.6. The van der Waals surface area contributed by atoms with Crippen LogP contribution in [0.5, 0.6) is 5.88 Å². The van der Waals surface area contributed by atoms with Gasteiger partial charge in [-0.3, -0.25) is 4.79 Å². The molecule has 1 aromatic carbocycles. The van der Waals surface area contributed by atoms with Crippen LogP contribution in [0.25, 0.3) is 11.0 Å². The lowest BCUT2D eigenvalue weighted by molar-refractivity contribution is 0.0924. The molecule has 124 valence electrons. The zero-order valence-electron chi connectivity index (χ0n) is 13.4. The lowest BCUT2D eigenvalue weighted by Crippen LogP contribution is -2.23. The first kappa shape index (κ1) is 16.5. The van der Waals surface area contributed by atoms with E-state index >= 15 is 0 Å². The van der Waals surface area contributed by atoms with Gasteiger partial charge in [-0.2, -0.15) is 0 Å². The highest BCUT2D eigenvalue weighted by Crippen LogP contribution is 2.28. The Kier molecular flexibility index (Phi) is 4.85. The van der Waals surface area contributed by atoms with Gasteiger partial charge in [-0.25, -0.2) is 4.98 Å². The number of halogens is 1. The highest BCUT2D eigenvalue weighted by Gasteiger charge is 2.17. The van der Waals surface area contributed by atoms with Crippen molar-refractivity contribution in [3.63, 3.8) is 0 Å². The van der Waals surface area contributed by atoms with E-state index in [-0.39, 0.29) is 5.91 Å². The number of carbonyl (C=O) groups excluding carboxylic acids is 1. The second kappa shape index (κ2) is 7.05. The number of benzene rings is 1. The Balaban J connectivity index is 1.76. The van der Waals surface area contributed by atoms with Gasteiger partial charge in [0.05, 0.1) is 6.61 Å². The molecule has 0 aliphatic heterocycles. The summed E-state index contributed by atoms with van der Waals surface area (Å²) in [5.41, 5.74) is 2.44. The van der Waals surface area contributed by atoms with E-state index in [4.69, 9.17) is 9.15 Å². The van der Waals surface area contributed by atoms with E-state index in [1.807, 2.05) is 44.2 Å². The number of pyridine rings is 1. The van der Waals surface area contributed by atoms with Gasteiger partial charge in [0, 0.05) is 34.2 Å². The normalized spacial score (nSPS) is 10.8. The quantitative estimate of drug-likeness (QED) is 0.710. The Bertz CT molecular complexity index is 889. The van der Waals surface area contributed by atoms with Crippen molar-refractivity contribution < 1.29 is 13.9 Å². The van der Waals surface area contributed by atoms with Crippen LogP contribution in [0, 0.1) is 6.92 Å². The smallest absolute Gasteiger partial charge is 0.287 e. The van der Waals surface area contributed by atoms with E-state index in [1.54, 1.807) is 6.20 Å². The average Bonchev–Trinajstić information content (AvgIpc) is 2.90. The number of fused-ring (bicyclic) bond motifs is 1. The number of aromatic nitrogens is 1. The zero-order chi connectivity index (χ0) is 17.1. The summed E-state index contributed by atoms with van der Waals surface area (Å²) in [6.07, 6.45) is 1.66. The van der Waals surface area contributed by atoms with Gasteiger partial charge in [-0.1, -0.05) is 15.9 Å². The number of amides is 1. The number of furan rings is 1. The molecule has 2 heterocycles. The predicted octanol–water partition coefficient (Wildman–Crippen LogP) is 4.23. The minimum absolute atomic E-state index is 0.241. The van der Waals surface area contributed by atoms with Crippen LogP contribution in [0.15, 0.2) is 45.4 Å². The lowest BCUT2D eigenvalue weighted by atomic mass is 10.1. The van der Waals surface area contributed by atoms with Crippen molar-refractivity contribution in [2.24, 2.45) is 0 Å². The maximum Gasteiger partial charge on any atom is 0.287 e. The second-order valence-corrected chi connectivity index (χ2v) is 6.23. The number of nitrogens with one attached hydrogen (secondary N) is 1. The molecule has 0 saturated heterocycles. The van der Waals surface area contributed by atoms with Gasteiger partial charge in [0.1, 0.15) is 5.58 Å². The predicted molar refractivity (Wildman–Crippen MR) is 95.2 cm³/mol. The van der Waals surface area contributed by atoms with Crippen LogP contribution >= 0.6 is 15.9 Å². The first-order valence-corrected chi connectivity index (χ1v) is 8.42. The summed E-state index contributed by atoms with van der Waals surface area (Å²) in [7, 11) is 0. The summed E-state index contributed by atoms with van der Waals surface area (Å²) in [5, 5.41) is 3.80. The standard InChI is InChI=1S/C18H17BrN2O3/c1-3-23-16-8-12(6-7-20-16)10-21-18(22)17-11(2)14-9-13(19)4-5-15(14)24-17/h4-9H,3,10H2,1-2H3,(H,21,22). The number of hydrogen-bond donors (Lipinski definition) is 1. The van der Waals surface area contributed by atoms with Gasteiger partial charge in [0.2, 0.25) is 5.88 Å². The summed E-state index contributed by atoms with van der Waals surface area (Å²) in [5.74, 6) is 0.644. The highest BCUT2D eigenvalue weighted by atomic mass is 79.9. The van der Waals surface area contributed by atoms with Gasteiger partial charge in [-0.15, -0.1) is 0 Å². The van der Waals surface area contributed by atoms with Crippen LogP contribution in [0.2, 0.25) is 0 Å². The molecule has 1 N–H and O–H groups in total. The van der Waals surface area contributed by atoms with Gasteiger partial charge in [0.15, 0.2) is 5.76 Å². The summed E-state index contributed by atoms with van der Waals surface area (Å²) in [4.78, 5) is 16.5. The van der Waals surface area contributed by atoms with Gasteiger partial charge in [-0.05, 0) is 43.7 Å². The molecular formula is C18H17BrN2O3. The summed E-state index contributed by atoms with van der Waals surface area (Å²) in [6, 6.07) is 9.33. The molecule has 0 radical (unpaired) electrons. The molecule has 0 unspecified atom stereocenters. The number of carbonyl (C=O) groups is 1. The Hall–Kier alpha value is -2.34. The molecule has 2 aromatic heterocycles. The maximum atomic E-state index is 12.4. The zero-order valence-corrected chi connectivity index (χ0v) is 15.0. The van der Waals surface area contributed by atoms with Crippen molar-refractivity contribution in [3.8, 4) is 5.88 Å². The van der Waals surface area contributed by atoms with E-state index in [9.17, 15) is 4.79 Å². The van der Waals surface area contributed by atoms with Crippen LogP contribution < -0.4 is 10.1 Å². The molecule has 0 aliphatic rings. The Morgan fingerprint density at radius 1 is 1.33 bits per heavy atom. The fraction of sp³-hybridized carbons (Fsp3) is 0.222. The van der Waals surface area contributed by atoms with E-state index < -0.39 is 0 Å². The van der Waals surface area contributed by atoms with Gasteiger partial charge >= 0.3 is 0 Å². The first-order valence-electron chi connectivity index (χ1n) is 7.63. The molecule has 3 aromatic rings. The van der Waals surface area contributed by atoms with Crippen LogP contribution in [0.1, 0.15) is 28.6 Å². The summed E-state index contributed by atoms with van der Waals surface area (Å²) >= 11 is 3.43. The molecule has 0 aliphatic carbocycles. The molecule has 0 saturated carbocycles. The Morgan fingerprint density at radius 2 is 2.17 bits per heavy atom. The van der Waals surface area contributed by atoms with E-state index in [0.29, 0.717) is 30.4 Å². The third-order valence-corrected chi connectivity index (χ3v) is 4.14. The lowest BCUT2D eigenvalue weighted by Gasteiger charge is -2.06. The van der Waals surface area contributed by atoms with Gasteiger partial charge < -0.3 is 14.5 Å². The summed E-state index contributed by atoms with van der Waals surface area (Å²) < 4.78 is 12.0. The van der Waals surface area contributed by atoms with E-state index in [1.165, 1.54) is 0 Å². The number of ether oxygens (including phenoxy) is 1. The minimum atomic E-state index is -0.241. The largest absolute Gasteiger partial charge is 0.478 e. The van der Waals surface area contributed by atoms with Crippen LogP contribution in [0.4, 0.5) is 0 Å². The fourth-order valence-electron chi connectivity index (χ4n) is 2.46. The Morgan fingerprint density at radius 3 is 2.96 bits per heavy atom. The topological polar surface area (TPSA) is 64.4 Å². The maximum absolute atomic E-state index is 12.4. The van der Waals surface area contributed by atoms with Crippen molar-refractivity contribution in [3.05, 3.63) is 57.9 Å². The van der Waals surface area contributed by atoms with Crippen molar-refractivity contribution >= 4 is 32.8 Å². The molecule has 3 rings (SSSR count). The molecule has 1 amide bonds. The average molecular weight is 389 g/mol. The van der Waals surface area contributed by atoms with E-state index in [2.05, 4.69) is 26.2 Å². The molecular weight excluding hydrogens is 372 g/mol. The van der Waals surface area contributed by atoms with Crippen molar-refractivity contribution in [1.82, 2.24) is 10.3 Å². The molecule has 0 bridgehead atoms. The van der Waals surface area contributed by atoms with Crippen molar-refractivity contribution in [2.45, 2.75) is 20.4 Å². The fourth-order valence-corrected chi connectivity index (χ4v) is 2.82. The molecule has 0 spiro atoms. The highest BCUT2D eigenvalue weighted by molar-refractivity contribution is 9.10. The van der Waals surface area contributed by atoms with Crippen molar-refractivity contribution in [1.29, 1.82) is 0 Å². The van der Waals surface area contributed by atoms with Crippen molar-refractivity contribution in [2.75, 3.05) is 6.61 Å². The number of rotatable bonds is 5. The molecule has 24 heavy (non-hydrogen) atoms. The molecule has 0 atom stereocenters. The summed E-state index contributed by atoms with van der Waals surface area (Å²) in [6.45, 7) is 4.71. The molecule has 5 nitrogen and oxygen atoms in total. The minimum Gasteiger partial charge on any atom is -0.478 e. The Labute approximate surface area is 148 Å². The number of aryl methyl sites for hydroxylation is 1. The molecule has 0 fully saturated rings. The van der Waals surface area contributed by atoms with Crippen LogP contribution in [0.3, 0.4) is 0 Å². The monoisotopic (exact) mass is 388 g/mol. The molecule has 6 heteroatoms. The van der Waals surface area contributed by atoms with Gasteiger partial charge in [0.25, 0.3) is 5.91 Å². The number of hydrogen-bond acceptors (Lipinski definition) is 4. The van der Waals surface area contributed by atoms with Crippen LogP contribution in [-0.2, 0) is 6.54 Å². The third-order valence-electron chi connectivity index (χ3n) is 3.65. The number of nitrogens with zero attached hydrogens (tertiary/aromatic N) is 1. The van der Waals surface area contributed by atoms with Crippen LogP contribution in [-0.4, -0.2) is 17.5 Å². The van der Waals surface area contributed by atoms with E-state index in [0.717, 1.165) is 21.0 Å².